The van der Waals surface area contributed by atoms with Crippen LogP contribution in [0.15, 0.2) is 0 Å². The zero-order valence-electron chi connectivity index (χ0n) is 7.23. The molecule has 0 aliphatic carbocycles. The first-order chi connectivity index (χ1) is 3.81. The van der Waals surface area contributed by atoms with Crippen molar-refractivity contribution in [2.24, 2.45) is 0 Å². The molecule has 1 atom stereocenters. The summed E-state index contributed by atoms with van der Waals surface area (Å²) < 4.78 is 0. The highest BCUT2D eigenvalue weighted by molar-refractivity contribution is 7.97. The quantitative estimate of drug-likeness (QED) is 0.390. The first-order valence-electron chi connectivity index (χ1n) is 3.45. The minimum Gasteiger partial charge on any atom is -0.0383 e. The van der Waals surface area contributed by atoms with E-state index in [0.717, 1.165) is 6.16 Å². The molecule has 0 rings (SSSR count). The van der Waals surface area contributed by atoms with Crippen molar-refractivity contribution >= 4 is 14.7 Å². The average molecular weight is 143 g/mol. The first-order valence-corrected chi connectivity index (χ1v) is 5.94. The van der Waals surface area contributed by atoms with Crippen LogP contribution in [-0.4, -0.2) is 25.5 Å². The van der Waals surface area contributed by atoms with Gasteiger partial charge in [-0.15, -0.1) is 0 Å². The predicted octanol–water partition coefficient (Wildman–Crippen LogP) is 2.54. The highest BCUT2D eigenvalue weighted by Crippen LogP contribution is 2.60. The molecule has 0 aromatic carbocycles. The Kier molecular flexibility index (Phi) is 2.76. The third-order valence-electron chi connectivity index (χ3n) is 2.19. The van der Waals surface area contributed by atoms with E-state index in [9.17, 15) is 0 Å². The lowest BCUT2D eigenvalue weighted by molar-refractivity contribution is 0.780. The third kappa shape index (κ3) is 2.30. The van der Waals surface area contributed by atoms with Gasteiger partial charge in [-0.1, -0.05) is 0 Å². The summed E-state index contributed by atoms with van der Waals surface area (Å²) in [6.07, 6.45) is 1.15. The van der Waals surface area contributed by atoms with Crippen molar-refractivity contribution in [3.63, 3.8) is 0 Å². The molecule has 2 heteroatoms. The Labute approximate surface area is 61.1 Å². The minimum absolute atomic E-state index is 0.335. The standard InChI is InChI=1S/C7H17BP/c1-6-9(5,8)7(2,3)4/h6H2,1-5H3/q+1. The van der Waals surface area contributed by atoms with Crippen molar-refractivity contribution in [1.29, 1.82) is 0 Å². The first kappa shape index (κ1) is 9.49. The van der Waals surface area contributed by atoms with E-state index >= 15 is 0 Å². The molecular formula is C7H17BP+. The van der Waals surface area contributed by atoms with Gasteiger partial charge in [-0.2, -0.15) is 0 Å². The van der Waals surface area contributed by atoms with E-state index in [1.807, 2.05) is 0 Å². The second kappa shape index (κ2) is 2.62. The molecule has 1 unspecified atom stereocenters. The topological polar surface area (TPSA) is 0 Å². The SMILES string of the molecule is [B][P+](C)(CC)C(C)(C)C. The highest BCUT2D eigenvalue weighted by atomic mass is 31.2. The van der Waals surface area contributed by atoms with Gasteiger partial charge in [0, 0.05) is 12.8 Å². The van der Waals surface area contributed by atoms with Crippen LogP contribution in [0.4, 0.5) is 0 Å². The summed E-state index contributed by atoms with van der Waals surface area (Å²) >= 11 is 0. The van der Waals surface area contributed by atoms with Crippen LogP contribution in [0.3, 0.4) is 0 Å². The van der Waals surface area contributed by atoms with Gasteiger partial charge in [0.15, 0.2) is 0 Å². The molecule has 0 bridgehead atoms. The Morgan fingerprint density at radius 2 is 1.67 bits per heavy atom. The number of hydrogen-bond donors (Lipinski definition) is 0. The Morgan fingerprint density at radius 1 is 1.33 bits per heavy atom. The van der Waals surface area contributed by atoms with Crippen LogP contribution in [-0.2, 0) is 0 Å². The van der Waals surface area contributed by atoms with Crippen LogP contribution in [0.25, 0.3) is 0 Å². The second-order valence-electron chi connectivity index (χ2n) is 3.75. The van der Waals surface area contributed by atoms with Gasteiger partial charge in [-0.05, 0) is 34.8 Å². The second-order valence-corrected chi connectivity index (χ2v) is 8.26. The van der Waals surface area contributed by atoms with Gasteiger partial charge in [-0.25, -0.2) is 0 Å². The highest BCUT2D eigenvalue weighted by Gasteiger charge is 2.37. The molecule has 52 valence electrons. The molecule has 0 amide bonds. The molecule has 9 heavy (non-hydrogen) atoms. The molecule has 0 saturated carbocycles. The summed E-state index contributed by atoms with van der Waals surface area (Å²) in [4.78, 5) is 0. The van der Waals surface area contributed by atoms with Crippen LogP contribution < -0.4 is 0 Å². The normalized spacial score (nSPS) is 19.2. The molecule has 0 aliphatic heterocycles. The van der Waals surface area contributed by atoms with E-state index < -0.39 is 7.14 Å². The van der Waals surface area contributed by atoms with Crippen molar-refractivity contribution in [2.75, 3.05) is 12.8 Å². The monoisotopic (exact) mass is 143 g/mol. The smallest absolute Gasteiger partial charge is 0.0383 e. The Balaban J connectivity index is 4.14. The average Bonchev–Trinajstić information content (AvgIpc) is 1.64. The maximum atomic E-state index is 6.10. The molecular weight excluding hydrogens is 126 g/mol. The van der Waals surface area contributed by atoms with Crippen molar-refractivity contribution in [3.8, 4) is 0 Å². The lowest BCUT2D eigenvalue weighted by atomic mass is 10.3. The fourth-order valence-electron chi connectivity index (χ4n) is 0.474. The fourth-order valence-corrected chi connectivity index (χ4v) is 1.42. The van der Waals surface area contributed by atoms with Crippen LogP contribution in [0.1, 0.15) is 27.7 Å². The van der Waals surface area contributed by atoms with E-state index in [0.29, 0.717) is 5.16 Å². The molecule has 0 nitrogen and oxygen atoms in total. The molecule has 2 radical (unpaired) electrons. The van der Waals surface area contributed by atoms with Gasteiger partial charge in [0.2, 0.25) is 0 Å². The minimum atomic E-state index is -1.11. The summed E-state index contributed by atoms with van der Waals surface area (Å²) in [7, 11) is 5.00. The van der Waals surface area contributed by atoms with Gasteiger partial charge in [-0.3, -0.25) is 0 Å². The Hall–Kier alpha value is 0.495. The molecule has 0 fully saturated rings. The molecule has 0 spiro atoms. The summed E-state index contributed by atoms with van der Waals surface area (Å²) in [5, 5.41) is 0.335. The molecule has 0 aromatic heterocycles. The summed E-state index contributed by atoms with van der Waals surface area (Å²) in [6.45, 7) is 11.1. The van der Waals surface area contributed by atoms with E-state index in [-0.39, 0.29) is 0 Å². The van der Waals surface area contributed by atoms with Gasteiger partial charge in [0.05, 0.1) is 5.16 Å². The Bertz CT molecular complexity index is 91.6. The lowest BCUT2D eigenvalue weighted by Gasteiger charge is -2.31. The largest absolute Gasteiger partial charge is 0.365 e. The van der Waals surface area contributed by atoms with Crippen molar-refractivity contribution in [3.05, 3.63) is 0 Å². The van der Waals surface area contributed by atoms with E-state index in [1.165, 1.54) is 0 Å². The maximum absolute atomic E-state index is 6.10. The number of rotatable bonds is 1. The zero-order valence-corrected chi connectivity index (χ0v) is 8.13. The zero-order chi connectivity index (χ0) is 7.71. The van der Waals surface area contributed by atoms with Gasteiger partial charge >= 0.3 is 7.57 Å². The van der Waals surface area contributed by atoms with Crippen LogP contribution >= 0.6 is 7.14 Å². The van der Waals surface area contributed by atoms with Crippen molar-refractivity contribution in [1.82, 2.24) is 0 Å². The van der Waals surface area contributed by atoms with Crippen LogP contribution in [0, 0.1) is 0 Å². The van der Waals surface area contributed by atoms with Crippen LogP contribution in [0.2, 0.25) is 0 Å². The third-order valence-corrected chi connectivity index (χ3v) is 6.57. The van der Waals surface area contributed by atoms with Gasteiger partial charge < -0.3 is 0 Å². The van der Waals surface area contributed by atoms with E-state index in [2.05, 4.69) is 34.4 Å². The van der Waals surface area contributed by atoms with Gasteiger partial charge in [0.1, 0.15) is 0 Å². The summed E-state index contributed by atoms with van der Waals surface area (Å²) in [5.41, 5.74) is 0. The van der Waals surface area contributed by atoms with Crippen molar-refractivity contribution < 1.29 is 0 Å². The lowest BCUT2D eigenvalue weighted by Crippen LogP contribution is -2.20. The maximum Gasteiger partial charge on any atom is 0.365 e. The van der Waals surface area contributed by atoms with Crippen LogP contribution in [0.5, 0.6) is 0 Å². The molecule has 0 N–H and O–H groups in total. The predicted molar refractivity (Wildman–Crippen MR) is 48.9 cm³/mol. The van der Waals surface area contributed by atoms with Gasteiger partial charge in [0.25, 0.3) is 0 Å². The summed E-state index contributed by atoms with van der Waals surface area (Å²) in [6, 6.07) is 0. The molecule has 0 saturated heterocycles. The summed E-state index contributed by atoms with van der Waals surface area (Å²) in [5.74, 6) is 0. The van der Waals surface area contributed by atoms with E-state index in [4.69, 9.17) is 7.57 Å². The van der Waals surface area contributed by atoms with Crippen molar-refractivity contribution in [2.45, 2.75) is 32.9 Å². The Morgan fingerprint density at radius 3 is 1.67 bits per heavy atom. The molecule has 0 aliphatic rings. The molecule has 0 heterocycles. The van der Waals surface area contributed by atoms with E-state index in [1.54, 1.807) is 0 Å². The number of hydrogen-bond acceptors (Lipinski definition) is 0. The molecule has 0 aromatic rings. The fraction of sp³-hybridized carbons (Fsp3) is 1.00.